The van der Waals surface area contributed by atoms with E-state index >= 15 is 0 Å². The summed E-state index contributed by atoms with van der Waals surface area (Å²) in [5.41, 5.74) is 0.316. The second kappa shape index (κ2) is 6.61. The van der Waals surface area contributed by atoms with Gasteiger partial charge in [-0.3, -0.25) is 4.79 Å². The van der Waals surface area contributed by atoms with E-state index in [2.05, 4.69) is 22.2 Å². The Labute approximate surface area is 113 Å². The van der Waals surface area contributed by atoms with Gasteiger partial charge in [-0.25, -0.2) is 4.98 Å². The van der Waals surface area contributed by atoms with Gasteiger partial charge in [0.1, 0.15) is 0 Å². The molecule has 104 valence electrons. The van der Waals surface area contributed by atoms with Crippen LogP contribution in [0.5, 0.6) is 0 Å². The quantitative estimate of drug-likeness (QED) is 0.826. The minimum Gasteiger partial charge on any atom is -0.351 e. The molecule has 1 aromatic rings. The molecule has 0 spiro atoms. The van der Waals surface area contributed by atoms with E-state index in [0.717, 1.165) is 12.6 Å². The molecule has 1 aliphatic carbocycles. The lowest BCUT2D eigenvalue weighted by Crippen LogP contribution is -2.37. The van der Waals surface area contributed by atoms with Crippen molar-refractivity contribution in [1.82, 2.24) is 15.2 Å². The van der Waals surface area contributed by atoms with E-state index in [1.807, 2.05) is 0 Å². The molecule has 1 amide bonds. The van der Waals surface area contributed by atoms with Gasteiger partial charge in [-0.2, -0.15) is 4.39 Å². The van der Waals surface area contributed by atoms with Gasteiger partial charge in [0.15, 0.2) is 0 Å². The Hall–Kier alpha value is -1.49. The summed E-state index contributed by atoms with van der Waals surface area (Å²) in [6.07, 6.45) is 6.41. The molecule has 1 heterocycles. The number of hydrogen-bond donors (Lipinski definition) is 1. The zero-order valence-corrected chi connectivity index (χ0v) is 11.2. The summed E-state index contributed by atoms with van der Waals surface area (Å²) in [6, 6.07) is 3.31. The first-order valence-corrected chi connectivity index (χ1v) is 6.77. The van der Waals surface area contributed by atoms with E-state index in [9.17, 15) is 9.18 Å². The van der Waals surface area contributed by atoms with Crippen molar-refractivity contribution >= 4 is 5.91 Å². The summed E-state index contributed by atoms with van der Waals surface area (Å²) in [5, 5.41) is 2.81. The Morgan fingerprint density at radius 3 is 2.95 bits per heavy atom. The number of nitrogens with one attached hydrogen (secondary N) is 1. The molecule has 0 bridgehead atoms. The second-order valence-corrected chi connectivity index (χ2v) is 5.04. The number of aromatic nitrogens is 1. The van der Waals surface area contributed by atoms with Crippen LogP contribution in [0.1, 0.15) is 36.0 Å². The van der Waals surface area contributed by atoms with E-state index < -0.39 is 5.95 Å². The largest absolute Gasteiger partial charge is 0.351 e. The molecule has 1 saturated carbocycles. The molecule has 19 heavy (non-hydrogen) atoms. The summed E-state index contributed by atoms with van der Waals surface area (Å²) < 4.78 is 12.9. The Morgan fingerprint density at radius 2 is 2.26 bits per heavy atom. The summed E-state index contributed by atoms with van der Waals surface area (Å²) in [4.78, 5) is 17.5. The van der Waals surface area contributed by atoms with Crippen molar-refractivity contribution in [3.8, 4) is 0 Å². The molecular formula is C14H20FN3O. The maximum atomic E-state index is 12.9. The molecule has 2 rings (SSSR count). The van der Waals surface area contributed by atoms with Crippen LogP contribution in [-0.2, 0) is 0 Å². The van der Waals surface area contributed by atoms with Crippen LogP contribution < -0.4 is 5.32 Å². The van der Waals surface area contributed by atoms with Crippen LogP contribution in [0.3, 0.4) is 0 Å². The van der Waals surface area contributed by atoms with Gasteiger partial charge in [-0.15, -0.1) is 0 Å². The van der Waals surface area contributed by atoms with E-state index in [4.69, 9.17) is 0 Å². The van der Waals surface area contributed by atoms with Crippen molar-refractivity contribution in [2.24, 2.45) is 0 Å². The minimum absolute atomic E-state index is 0.249. The number of halogens is 1. The molecule has 0 unspecified atom stereocenters. The number of carbonyl (C=O) groups is 1. The van der Waals surface area contributed by atoms with Crippen molar-refractivity contribution in [2.75, 3.05) is 20.1 Å². The van der Waals surface area contributed by atoms with Crippen LogP contribution in [-0.4, -0.2) is 42.0 Å². The predicted octanol–water partition coefficient (Wildman–Crippen LogP) is 1.82. The lowest BCUT2D eigenvalue weighted by molar-refractivity contribution is 0.0946. The van der Waals surface area contributed by atoms with Crippen LogP contribution in [0, 0.1) is 5.95 Å². The average molecular weight is 265 g/mol. The summed E-state index contributed by atoms with van der Waals surface area (Å²) in [7, 11) is 2.09. The first-order valence-electron chi connectivity index (χ1n) is 6.77. The number of carbonyl (C=O) groups excluding carboxylic acids is 1. The number of nitrogens with zero attached hydrogens (tertiary/aromatic N) is 2. The Kier molecular flexibility index (Phi) is 4.85. The standard InChI is InChI=1S/C14H20FN3O/c1-18(12-4-2-3-5-12)9-8-17-14(19)11-6-7-16-13(15)10-11/h6-7,10,12H,2-5,8-9H2,1H3,(H,17,19). The van der Waals surface area contributed by atoms with E-state index in [1.165, 1.54) is 37.9 Å². The summed E-state index contributed by atoms with van der Waals surface area (Å²) >= 11 is 0. The Bertz CT molecular complexity index is 432. The highest BCUT2D eigenvalue weighted by Gasteiger charge is 2.19. The van der Waals surface area contributed by atoms with Crippen LogP contribution in [0.2, 0.25) is 0 Å². The van der Waals surface area contributed by atoms with Crippen LogP contribution >= 0.6 is 0 Å². The summed E-state index contributed by atoms with van der Waals surface area (Å²) in [5.74, 6) is -0.878. The van der Waals surface area contributed by atoms with Gasteiger partial charge in [-0.1, -0.05) is 12.8 Å². The fraction of sp³-hybridized carbons (Fsp3) is 0.571. The molecule has 0 aromatic carbocycles. The van der Waals surface area contributed by atoms with E-state index in [0.29, 0.717) is 18.2 Å². The number of amides is 1. The highest BCUT2D eigenvalue weighted by atomic mass is 19.1. The summed E-state index contributed by atoms with van der Waals surface area (Å²) in [6.45, 7) is 1.40. The van der Waals surface area contributed by atoms with Gasteiger partial charge >= 0.3 is 0 Å². The highest BCUT2D eigenvalue weighted by Crippen LogP contribution is 2.21. The van der Waals surface area contributed by atoms with Gasteiger partial charge in [0.25, 0.3) is 5.91 Å². The van der Waals surface area contributed by atoms with Gasteiger partial charge in [0.05, 0.1) is 0 Å². The fourth-order valence-electron chi connectivity index (χ4n) is 2.52. The zero-order valence-electron chi connectivity index (χ0n) is 11.2. The molecule has 1 aromatic heterocycles. The maximum absolute atomic E-state index is 12.9. The molecule has 0 atom stereocenters. The Balaban J connectivity index is 1.74. The lowest BCUT2D eigenvalue weighted by Gasteiger charge is -2.23. The lowest BCUT2D eigenvalue weighted by atomic mass is 10.2. The van der Waals surface area contributed by atoms with Gasteiger partial charge in [0, 0.05) is 37.0 Å². The molecule has 5 heteroatoms. The van der Waals surface area contributed by atoms with Crippen LogP contribution in [0.15, 0.2) is 18.3 Å². The van der Waals surface area contributed by atoms with Crippen molar-refractivity contribution in [2.45, 2.75) is 31.7 Å². The zero-order chi connectivity index (χ0) is 13.7. The monoisotopic (exact) mass is 265 g/mol. The minimum atomic E-state index is -0.629. The third kappa shape index (κ3) is 3.99. The first-order chi connectivity index (χ1) is 9.16. The highest BCUT2D eigenvalue weighted by molar-refractivity contribution is 5.93. The smallest absolute Gasteiger partial charge is 0.251 e. The number of rotatable bonds is 5. The molecule has 1 fully saturated rings. The Morgan fingerprint density at radius 1 is 1.53 bits per heavy atom. The van der Waals surface area contributed by atoms with Gasteiger partial charge in [0.2, 0.25) is 5.95 Å². The average Bonchev–Trinajstić information content (AvgIpc) is 2.92. The topological polar surface area (TPSA) is 45.2 Å². The van der Waals surface area contributed by atoms with Gasteiger partial charge < -0.3 is 10.2 Å². The van der Waals surface area contributed by atoms with Gasteiger partial charge in [-0.05, 0) is 26.0 Å². The molecule has 0 radical (unpaired) electrons. The molecule has 0 saturated heterocycles. The number of likely N-dealkylation sites (N-methyl/N-ethyl adjacent to an activating group) is 1. The maximum Gasteiger partial charge on any atom is 0.251 e. The third-order valence-electron chi connectivity index (χ3n) is 3.69. The second-order valence-electron chi connectivity index (χ2n) is 5.04. The molecule has 1 N–H and O–H groups in total. The molecular weight excluding hydrogens is 245 g/mol. The van der Waals surface area contributed by atoms with Crippen molar-refractivity contribution in [3.63, 3.8) is 0 Å². The number of hydrogen-bond acceptors (Lipinski definition) is 3. The van der Waals surface area contributed by atoms with Crippen molar-refractivity contribution < 1.29 is 9.18 Å². The van der Waals surface area contributed by atoms with Crippen LogP contribution in [0.4, 0.5) is 4.39 Å². The predicted molar refractivity (Wildman–Crippen MR) is 71.4 cm³/mol. The third-order valence-corrected chi connectivity index (χ3v) is 3.69. The van der Waals surface area contributed by atoms with Crippen molar-refractivity contribution in [3.05, 3.63) is 29.8 Å². The SMILES string of the molecule is CN(CCNC(=O)c1ccnc(F)c1)C1CCCC1. The first kappa shape index (κ1) is 13.9. The molecule has 4 nitrogen and oxygen atoms in total. The fourth-order valence-corrected chi connectivity index (χ4v) is 2.52. The molecule has 0 aliphatic heterocycles. The number of pyridine rings is 1. The molecule has 1 aliphatic rings. The van der Waals surface area contributed by atoms with E-state index in [1.54, 1.807) is 0 Å². The van der Waals surface area contributed by atoms with Crippen molar-refractivity contribution in [1.29, 1.82) is 0 Å². The van der Waals surface area contributed by atoms with E-state index in [-0.39, 0.29) is 5.91 Å². The normalized spacial score (nSPS) is 15.9. The van der Waals surface area contributed by atoms with Crippen LogP contribution in [0.25, 0.3) is 0 Å².